The zero-order valence-electron chi connectivity index (χ0n) is 10.0. The van der Waals surface area contributed by atoms with Crippen LogP contribution in [-0.4, -0.2) is 21.3 Å². The molecule has 0 amide bonds. The summed E-state index contributed by atoms with van der Waals surface area (Å²) in [6.07, 6.45) is 0. The summed E-state index contributed by atoms with van der Waals surface area (Å²) in [5.41, 5.74) is -0.0814. The van der Waals surface area contributed by atoms with Gasteiger partial charge in [0.2, 0.25) is 0 Å². The summed E-state index contributed by atoms with van der Waals surface area (Å²) in [6.45, 7) is 3.79. The number of aromatic carboxylic acids is 1. The number of anilines is 1. The maximum Gasteiger partial charge on any atom is 0.356 e. The fraction of sp³-hybridized carbons (Fsp3) is 0.250. The first kappa shape index (κ1) is 12.1. The van der Waals surface area contributed by atoms with Crippen molar-refractivity contribution < 1.29 is 14.3 Å². The van der Waals surface area contributed by atoms with Gasteiger partial charge in [-0.25, -0.2) is 4.79 Å². The van der Waals surface area contributed by atoms with E-state index in [0.717, 1.165) is 11.5 Å². The SMILES string of the molecule is Cc1ccc(C(C)Nc2ccc(C(=O)O)nn2)o1. The van der Waals surface area contributed by atoms with Crippen molar-refractivity contribution in [3.05, 3.63) is 41.5 Å². The van der Waals surface area contributed by atoms with E-state index < -0.39 is 5.97 Å². The third-order valence-electron chi connectivity index (χ3n) is 2.44. The maximum atomic E-state index is 10.6. The number of aryl methyl sites for hydroxylation is 1. The van der Waals surface area contributed by atoms with Crippen molar-refractivity contribution >= 4 is 11.8 Å². The molecule has 2 aromatic heterocycles. The molecule has 0 bridgehead atoms. The van der Waals surface area contributed by atoms with Gasteiger partial charge in [-0.1, -0.05) is 0 Å². The molecule has 2 N–H and O–H groups in total. The predicted octanol–water partition coefficient (Wildman–Crippen LogP) is 2.25. The van der Waals surface area contributed by atoms with E-state index in [1.807, 2.05) is 26.0 Å². The van der Waals surface area contributed by atoms with E-state index in [1.54, 1.807) is 6.07 Å². The Bertz CT molecular complexity index is 548. The van der Waals surface area contributed by atoms with Crippen molar-refractivity contribution in [1.82, 2.24) is 10.2 Å². The molecule has 2 aromatic rings. The van der Waals surface area contributed by atoms with Crippen LogP contribution in [0, 0.1) is 6.92 Å². The van der Waals surface area contributed by atoms with Crippen molar-refractivity contribution in [2.45, 2.75) is 19.9 Å². The van der Waals surface area contributed by atoms with E-state index in [1.165, 1.54) is 6.07 Å². The number of carboxylic acids is 1. The third-order valence-corrected chi connectivity index (χ3v) is 2.44. The van der Waals surface area contributed by atoms with Crippen molar-refractivity contribution in [1.29, 1.82) is 0 Å². The predicted molar refractivity (Wildman–Crippen MR) is 64.5 cm³/mol. The molecule has 0 aliphatic heterocycles. The van der Waals surface area contributed by atoms with Gasteiger partial charge in [0.15, 0.2) is 5.69 Å². The standard InChI is InChI=1S/C12H13N3O3/c1-7-3-5-10(18-7)8(2)13-11-6-4-9(12(16)17)14-15-11/h3-6,8H,1-2H3,(H,13,15)(H,16,17). The first-order chi connectivity index (χ1) is 8.56. The second kappa shape index (κ2) is 4.87. The van der Waals surface area contributed by atoms with Crippen LogP contribution in [0.4, 0.5) is 5.82 Å². The Kier molecular flexibility index (Phi) is 3.27. The topological polar surface area (TPSA) is 88.2 Å². The number of rotatable bonds is 4. The molecule has 0 radical (unpaired) electrons. The van der Waals surface area contributed by atoms with Gasteiger partial charge in [-0.2, -0.15) is 0 Å². The Morgan fingerprint density at radius 2 is 2.11 bits per heavy atom. The highest BCUT2D eigenvalue weighted by atomic mass is 16.4. The zero-order valence-corrected chi connectivity index (χ0v) is 10.0. The lowest BCUT2D eigenvalue weighted by atomic mass is 10.2. The molecule has 0 saturated heterocycles. The second-order valence-electron chi connectivity index (χ2n) is 3.92. The Balaban J connectivity index is 2.07. The van der Waals surface area contributed by atoms with Crippen LogP contribution in [0.5, 0.6) is 0 Å². The number of nitrogens with zero attached hydrogens (tertiary/aromatic N) is 2. The van der Waals surface area contributed by atoms with Crippen molar-refractivity contribution in [3.63, 3.8) is 0 Å². The molecule has 0 spiro atoms. The summed E-state index contributed by atoms with van der Waals surface area (Å²) in [5, 5.41) is 19.2. The van der Waals surface area contributed by atoms with Crippen LogP contribution in [-0.2, 0) is 0 Å². The average Bonchev–Trinajstić information content (AvgIpc) is 2.76. The van der Waals surface area contributed by atoms with Crippen molar-refractivity contribution in [2.24, 2.45) is 0 Å². The minimum Gasteiger partial charge on any atom is -0.476 e. The minimum atomic E-state index is -1.09. The van der Waals surface area contributed by atoms with Gasteiger partial charge in [-0.15, -0.1) is 10.2 Å². The Hall–Kier alpha value is -2.37. The zero-order chi connectivity index (χ0) is 13.1. The van der Waals surface area contributed by atoms with Gasteiger partial charge in [-0.3, -0.25) is 0 Å². The minimum absolute atomic E-state index is 0.0660. The number of aromatic nitrogens is 2. The number of nitrogens with one attached hydrogen (secondary N) is 1. The summed E-state index contributed by atoms with van der Waals surface area (Å²) < 4.78 is 5.47. The first-order valence-electron chi connectivity index (χ1n) is 5.46. The first-order valence-corrected chi connectivity index (χ1v) is 5.46. The van der Waals surface area contributed by atoms with Crippen molar-refractivity contribution in [2.75, 3.05) is 5.32 Å². The maximum absolute atomic E-state index is 10.6. The Labute approximate surface area is 104 Å². The number of carboxylic acid groups (broad SMARTS) is 1. The molecule has 94 valence electrons. The van der Waals surface area contributed by atoms with Crippen molar-refractivity contribution in [3.8, 4) is 0 Å². The highest BCUT2D eigenvalue weighted by Gasteiger charge is 2.11. The molecular formula is C12H13N3O3. The van der Waals surface area contributed by atoms with Gasteiger partial charge < -0.3 is 14.8 Å². The summed E-state index contributed by atoms with van der Waals surface area (Å²) in [5.74, 6) is 1.04. The summed E-state index contributed by atoms with van der Waals surface area (Å²) >= 11 is 0. The molecule has 0 aliphatic rings. The molecule has 6 heteroatoms. The van der Waals surface area contributed by atoms with E-state index in [4.69, 9.17) is 9.52 Å². The summed E-state index contributed by atoms with van der Waals surface area (Å²) in [6, 6.07) is 6.67. The monoisotopic (exact) mass is 247 g/mol. The highest BCUT2D eigenvalue weighted by Crippen LogP contribution is 2.19. The summed E-state index contributed by atoms with van der Waals surface area (Å²) in [4.78, 5) is 10.6. The van der Waals surface area contributed by atoms with Crippen LogP contribution in [0.2, 0.25) is 0 Å². The fourth-order valence-corrected chi connectivity index (χ4v) is 1.50. The molecule has 18 heavy (non-hydrogen) atoms. The quantitative estimate of drug-likeness (QED) is 0.861. The molecule has 0 fully saturated rings. The van der Waals surface area contributed by atoms with Crippen LogP contribution in [0.3, 0.4) is 0 Å². The van der Waals surface area contributed by atoms with Gasteiger partial charge >= 0.3 is 5.97 Å². The van der Waals surface area contributed by atoms with Crippen LogP contribution in [0.15, 0.2) is 28.7 Å². The lowest BCUT2D eigenvalue weighted by Crippen LogP contribution is -2.09. The lowest BCUT2D eigenvalue weighted by molar-refractivity contribution is 0.0689. The normalized spacial score (nSPS) is 12.1. The molecule has 2 rings (SSSR count). The van der Waals surface area contributed by atoms with Crippen LogP contribution < -0.4 is 5.32 Å². The molecule has 1 unspecified atom stereocenters. The van der Waals surface area contributed by atoms with Gasteiger partial charge in [0.05, 0.1) is 6.04 Å². The molecule has 0 aliphatic carbocycles. The molecule has 2 heterocycles. The number of hydrogen-bond donors (Lipinski definition) is 2. The lowest BCUT2D eigenvalue weighted by Gasteiger charge is -2.11. The van der Waals surface area contributed by atoms with Gasteiger partial charge in [0.1, 0.15) is 17.3 Å². The van der Waals surface area contributed by atoms with Gasteiger partial charge in [0, 0.05) is 0 Å². The van der Waals surface area contributed by atoms with E-state index in [0.29, 0.717) is 5.82 Å². The summed E-state index contributed by atoms with van der Waals surface area (Å²) in [7, 11) is 0. The smallest absolute Gasteiger partial charge is 0.356 e. The van der Waals surface area contributed by atoms with E-state index >= 15 is 0 Å². The van der Waals surface area contributed by atoms with Crippen LogP contribution in [0.25, 0.3) is 0 Å². The van der Waals surface area contributed by atoms with Gasteiger partial charge in [0.25, 0.3) is 0 Å². The molecule has 0 saturated carbocycles. The second-order valence-corrected chi connectivity index (χ2v) is 3.92. The molecule has 1 atom stereocenters. The van der Waals surface area contributed by atoms with E-state index in [-0.39, 0.29) is 11.7 Å². The number of hydrogen-bond acceptors (Lipinski definition) is 5. The highest BCUT2D eigenvalue weighted by molar-refractivity contribution is 5.85. The van der Waals surface area contributed by atoms with E-state index in [9.17, 15) is 4.79 Å². The molecule has 6 nitrogen and oxygen atoms in total. The molecule has 0 aromatic carbocycles. The van der Waals surface area contributed by atoms with Gasteiger partial charge in [-0.05, 0) is 38.1 Å². The third kappa shape index (κ3) is 2.65. The molecular weight excluding hydrogens is 234 g/mol. The van der Waals surface area contributed by atoms with Crippen LogP contribution >= 0.6 is 0 Å². The number of carbonyl (C=O) groups is 1. The Morgan fingerprint density at radius 1 is 1.33 bits per heavy atom. The average molecular weight is 247 g/mol. The largest absolute Gasteiger partial charge is 0.476 e. The fourth-order valence-electron chi connectivity index (χ4n) is 1.50. The Morgan fingerprint density at radius 3 is 2.61 bits per heavy atom. The van der Waals surface area contributed by atoms with Crippen LogP contribution in [0.1, 0.15) is 35.0 Å². The van der Waals surface area contributed by atoms with E-state index in [2.05, 4.69) is 15.5 Å². The number of furan rings is 1.